The fourth-order valence-corrected chi connectivity index (χ4v) is 3.93. The summed E-state index contributed by atoms with van der Waals surface area (Å²) in [4.78, 5) is 22.6. The largest absolute Gasteiger partial charge is 0.470 e. The summed E-state index contributed by atoms with van der Waals surface area (Å²) in [5.74, 6) is -0.0423. The van der Waals surface area contributed by atoms with Crippen LogP contribution in [0.1, 0.15) is 28.9 Å². The van der Waals surface area contributed by atoms with E-state index in [9.17, 15) is 13.2 Å². The zero-order chi connectivity index (χ0) is 21.0. The minimum atomic E-state index is -3.55. The molecule has 1 amide bonds. The van der Waals surface area contributed by atoms with Crippen molar-refractivity contribution in [3.63, 3.8) is 0 Å². The summed E-state index contributed by atoms with van der Waals surface area (Å²) in [5, 5.41) is 9.11. The summed E-state index contributed by atoms with van der Waals surface area (Å²) < 4.78 is 31.3. The maximum Gasteiger partial charge on any atom is 0.253 e. The average molecular weight is 415 g/mol. The number of nitrogens with zero attached hydrogens (tertiary/aromatic N) is 5. The van der Waals surface area contributed by atoms with E-state index in [2.05, 4.69) is 9.97 Å². The number of amides is 1. The Morgan fingerprint density at radius 1 is 1.24 bits per heavy atom. The first-order chi connectivity index (χ1) is 13.8. The molecule has 0 saturated carbocycles. The molecule has 0 N–H and O–H groups in total. The Labute approximate surface area is 169 Å². The van der Waals surface area contributed by atoms with E-state index < -0.39 is 10.0 Å². The van der Waals surface area contributed by atoms with Crippen LogP contribution in [0.15, 0.2) is 41.6 Å². The lowest BCUT2D eigenvalue weighted by atomic mass is 10.1. The summed E-state index contributed by atoms with van der Waals surface area (Å²) in [5.41, 5.74) is 0.509. The average Bonchev–Trinajstić information content (AvgIpc) is 2.74. The molecule has 3 rings (SSSR count). The number of aromatic nitrogens is 2. The van der Waals surface area contributed by atoms with Gasteiger partial charge in [0.05, 0.1) is 11.4 Å². The van der Waals surface area contributed by atoms with Gasteiger partial charge in [-0.25, -0.2) is 22.7 Å². The normalized spacial score (nSPS) is 17.0. The van der Waals surface area contributed by atoms with E-state index in [1.807, 2.05) is 6.07 Å². The van der Waals surface area contributed by atoms with Crippen molar-refractivity contribution in [1.82, 2.24) is 19.2 Å². The van der Waals surface area contributed by atoms with Gasteiger partial charge in [-0.2, -0.15) is 5.26 Å². The quantitative estimate of drug-likeness (QED) is 0.722. The second-order valence-corrected chi connectivity index (χ2v) is 8.92. The summed E-state index contributed by atoms with van der Waals surface area (Å²) >= 11 is 0. The van der Waals surface area contributed by atoms with E-state index in [0.29, 0.717) is 18.7 Å². The Morgan fingerprint density at radius 2 is 1.93 bits per heavy atom. The van der Waals surface area contributed by atoms with Gasteiger partial charge in [-0.3, -0.25) is 4.79 Å². The van der Waals surface area contributed by atoms with Crippen LogP contribution in [0.4, 0.5) is 0 Å². The first kappa shape index (κ1) is 20.7. The second-order valence-electron chi connectivity index (χ2n) is 6.77. The van der Waals surface area contributed by atoms with Crippen LogP contribution >= 0.6 is 0 Å². The molecule has 0 bridgehead atoms. The molecule has 1 fully saturated rings. The van der Waals surface area contributed by atoms with Gasteiger partial charge in [0.15, 0.2) is 0 Å². The Bertz CT molecular complexity index is 1030. The number of carbonyl (C=O) groups is 1. The topological polar surface area (TPSA) is 116 Å². The van der Waals surface area contributed by atoms with Crippen LogP contribution in [0.5, 0.6) is 5.88 Å². The molecular weight excluding hydrogens is 394 g/mol. The molecular formula is C19H21N5O4S. The molecule has 1 aromatic heterocycles. The molecule has 0 aliphatic carbocycles. The molecule has 29 heavy (non-hydrogen) atoms. The van der Waals surface area contributed by atoms with Gasteiger partial charge >= 0.3 is 0 Å². The predicted octanol–water partition coefficient (Wildman–Crippen LogP) is 1.28. The minimum absolute atomic E-state index is 0.105. The van der Waals surface area contributed by atoms with Crippen molar-refractivity contribution in [3.05, 3.63) is 47.9 Å². The van der Waals surface area contributed by atoms with Crippen molar-refractivity contribution < 1.29 is 17.9 Å². The van der Waals surface area contributed by atoms with E-state index in [1.165, 1.54) is 50.8 Å². The fourth-order valence-electron chi connectivity index (χ4n) is 3.03. The van der Waals surface area contributed by atoms with Gasteiger partial charge < -0.3 is 9.64 Å². The Morgan fingerprint density at radius 3 is 2.59 bits per heavy atom. The van der Waals surface area contributed by atoms with Gasteiger partial charge in [-0.15, -0.1) is 0 Å². The Balaban J connectivity index is 1.70. The summed E-state index contributed by atoms with van der Waals surface area (Å²) in [6.45, 7) is 0.917. The molecule has 9 nitrogen and oxygen atoms in total. The summed E-state index contributed by atoms with van der Waals surface area (Å²) in [7, 11) is -0.634. The van der Waals surface area contributed by atoms with E-state index in [-0.39, 0.29) is 28.5 Å². The molecule has 1 aliphatic rings. The van der Waals surface area contributed by atoms with Crippen molar-refractivity contribution in [2.45, 2.75) is 23.8 Å². The standard InChI is InChI=1S/C19H21N5O4S/c1-23(2)29(26,27)16-7-5-14(6-8-16)19(25)24-11-3-4-15(13-24)28-18-17(12-20)21-9-10-22-18/h5-10,15H,3-4,11,13H2,1-2H3. The lowest BCUT2D eigenvalue weighted by Crippen LogP contribution is -2.44. The smallest absolute Gasteiger partial charge is 0.253 e. The Hall–Kier alpha value is -3.03. The minimum Gasteiger partial charge on any atom is -0.470 e. The van der Waals surface area contributed by atoms with Crippen molar-refractivity contribution in [2.75, 3.05) is 27.2 Å². The zero-order valence-corrected chi connectivity index (χ0v) is 17.0. The third kappa shape index (κ3) is 4.52. The van der Waals surface area contributed by atoms with Gasteiger partial charge in [-0.1, -0.05) is 0 Å². The summed E-state index contributed by atoms with van der Waals surface area (Å²) in [6, 6.07) is 7.83. The highest BCUT2D eigenvalue weighted by Gasteiger charge is 2.27. The van der Waals surface area contributed by atoms with Crippen molar-refractivity contribution in [2.24, 2.45) is 0 Å². The van der Waals surface area contributed by atoms with Crippen LogP contribution < -0.4 is 4.74 Å². The molecule has 1 aliphatic heterocycles. The molecule has 0 spiro atoms. The molecule has 1 aromatic carbocycles. The zero-order valence-electron chi connectivity index (χ0n) is 16.1. The highest BCUT2D eigenvalue weighted by atomic mass is 32.2. The number of sulfonamides is 1. The van der Waals surface area contributed by atoms with Gasteiger partial charge in [-0.05, 0) is 37.1 Å². The number of nitriles is 1. The Kier molecular flexibility index (Phi) is 6.10. The number of hydrogen-bond donors (Lipinski definition) is 0. The lowest BCUT2D eigenvalue weighted by Gasteiger charge is -2.32. The van der Waals surface area contributed by atoms with E-state index in [0.717, 1.165) is 17.1 Å². The predicted molar refractivity (Wildman–Crippen MR) is 104 cm³/mol. The van der Waals surface area contributed by atoms with E-state index in [1.54, 1.807) is 4.90 Å². The molecule has 152 valence electrons. The number of rotatable bonds is 5. The lowest BCUT2D eigenvalue weighted by molar-refractivity contribution is 0.0526. The number of carbonyl (C=O) groups excluding carboxylic acids is 1. The molecule has 0 radical (unpaired) electrons. The molecule has 2 aromatic rings. The van der Waals surface area contributed by atoms with Crippen LogP contribution in [-0.4, -0.2) is 66.8 Å². The second kappa shape index (κ2) is 8.55. The van der Waals surface area contributed by atoms with Crippen LogP contribution in [-0.2, 0) is 10.0 Å². The highest BCUT2D eigenvalue weighted by molar-refractivity contribution is 7.89. The van der Waals surface area contributed by atoms with Crippen molar-refractivity contribution in [3.8, 4) is 11.9 Å². The van der Waals surface area contributed by atoms with Gasteiger partial charge in [0, 0.05) is 38.6 Å². The van der Waals surface area contributed by atoms with E-state index >= 15 is 0 Å². The van der Waals surface area contributed by atoms with Crippen LogP contribution in [0, 0.1) is 11.3 Å². The van der Waals surface area contributed by atoms with Crippen molar-refractivity contribution in [1.29, 1.82) is 5.26 Å². The van der Waals surface area contributed by atoms with Gasteiger partial charge in [0.25, 0.3) is 11.8 Å². The molecule has 2 heterocycles. The number of likely N-dealkylation sites (tertiary alicyclic amines) is 1. The number of hydrogen-bond acceptors (Lipinski definition) is 7. The first-order valence-electron chi connectivity index (χ1n) is 9.02. The molecule has 1 atom stereocenters. The van der Waals surface area contributed by atoms with Gasteiger partial charge in [0.1, 0.15) is 12.2 Å². The molecule has 1 unspecified atom stereocenters. The fraction of sp³-hybridized carbons (Fsp3) is 0.368. The SMILES string of the molecule is CN(C)S(=O)(=O)c1ccc(C(=O)N2CCCC(Oc3nccnc3C#N)C2)cc1. The molecule has 1 saturated heterocycles. The van der Waals surface area contributed by atoms with E-state index in [4.69, 9.17) is 10.00 Å². The maximum absolute atomic E-state index is 12.8. The molecule has 10 heteroatoms. The number of ether oxygens (including phenoxy) is 1. The monoisotopic (exact) mass is 415 g/mol. The van der Waals surface area contributed by atoms with Crippen LogP contribution in [0.3, 0.4) is 0 Å². The number of piperidine rings is 1. The number of benzene rings is 1. The highest BCUT2D eigenvalue weighted by Crippen LogP contribution is 2.21. The van der Waals surface area contributed by atoms with Crippen LogP contribution in [0.2, 0.25) is 0 Å². The summed E-state index contributed by atoms with van der Waals surface area (Å²) in [6.07, 6.45) is 4.04. The maximum atomic E-state index is 12.8. The van der Waals surface area contributed by atoms with Crippen molar-refractivity contribution >= 4 is 15.9 Å². The first-order valence-corrected chi connectivity index (χ1v) is 10.5. The third-order valence-electron chi connectivity index (χ3n) is 4.59. The third-order valence-corrected chi connectivity index (χ3v) is 6.42. The van der Waals surface area contributed by atoms with Gasteiger partial charge in [0.2, 0.25) is 15.7 Å². The van der Waals surface area contributed by atoms with Crippen LogP contribution in [0.25, 0.3) is 0 Å².